The molecule has 2 amide bonds. The van der Waals surface area contributed by atoms with Crippen molar-refractivity contribution in [3.05, 3.63) is 47.5 Å². The molecular formula is C19H20N2O3. The predicted octanol–water partition coefficient (Wildman–Crippen LogP) is 4.34. The standard InChI is InChI=1S/C19H20N2O3/c1-11(2)8-18(22)20-13-5-7-16-14(10-13)19(23)21-15-9-12(3)4-6-17(15)24-16/h4-7,9-11H,8H2,1-3H3,(H,20,22)(H,21,23). The molecule has 0 saturated heterocycles. The molecule has 0 atom stereocenters. The van der Waals surface area contributed by atoms with Crippen LogP contribution < -0.4 is 15.4 Å². The van der Waals surface area contributed by atoms with Crippen molar-refractivity contribution in [1.29, 1.82) is 0 Å². The van der Waals surface area contributed by atoms with Gasteiger partial charge in [0.15, 0.2) is 5.75 Å². The zero-order chi connectivity index (χ0) is 17.3. The fraction of sp³-hybridized carbons (Fsp3) is 0.263. The lowest BCUT2D eigenvalue weighted by molar-refractivity contribution is -0.116. The van der Waals surface area contributed by atoms with Gasteiger partial charge in [0.1, 0.15) is 5.75 Å². The second-order valence-electron chi connectivity index (χ2n) is 6.41. The van der Waals surface area contributed by atoms with Gasteiger partial charge in [-0.25, -0.2) is 0 Å². The smallest absolute Gasteiger partial charge is 0.259 e. The number of anilines is 2. The summed E-state index contributed by atoms with van der Waals surface area (Å²) in [5.74, 6) is 1.02. The van der Waals surface area contributed by atoms with Crippen LogP contribution in [0.15, 0.2) is 36.4 Å². The fourth-order valence-electron chi connectivity index (χ4n) is 2.60. The largest absolute Gasteiger partial charge is 0.454 e. The van der Waals surface area contributed by atoms with Crippen molar-refractivity contribution in [1.82, 2.24) is 0 Å². The maximum atomic E-state index is 12.5. The van der Waals surface area contributed by atoms with Crippen LogP contribution in [-0.2, 0) is 4.79 Å². The molecule has 0 aromatic heterocycles. The Morgan fingerprint density at radius 1 is 1.17 bits per heavy atom. The van der Waals surface area contributed by atoms with E-state index in [-0.39, 0.29) is 17.7 Å². The summed E-state index contributed by atoms with van der Waals surface area (Å²) in [7, 11) is 0. The van der Waals surface area contributed by atoms with Crippen LogP contribution in [0.3, 0.4) is 0 Å². The Balaban J connectivity index is 1.88. The van der Waals surface area contributed by atoms with Gasteiger partial charge in [0, 0.05) is 12.1 Å². The molecule has 0 fully saturated rings. The van der Waals surface area contributed by atoms with Crippen molar-refractivity contribution in [2.75, 3.05) is 10.6 Å². The molecule has 0 saturated carbocycles. The number of fused-ring (bicyclic) bond motifs is 2. The van der Waals surface area contributed by atoms with Gasteiger partial charge in [-0.2, -0.15) is 0 Å². The first-order chi connectivity index (χ1) is 11.4. The molecule has 5 nitrogen and oxygen atoms in total. The van der Waals surface area contributed by atoms with E-state index >= 15 is 0 Å². The molecule has 3 rings (SSSR count). The Morgan fingerprint density at radius 2 is 1.92 bits per heavy atom. The van der Waals surface area contributed by atoms with Crippen LogP contribution in [0.1, 0.15) is 36.2 Å². The molecule has 1 aliphatic heterocycles. The van der Waals surface area contributed by atoms with E-state index in [1.165, 1.54) is 0 Å². The second kappa shape index (κ2) is 6.35. The average molecular weight is 324 g/mol. The molecule has 0 spiro atoms. The summed E-state index contributed by atoms with van der Waals surface area (Å²) >= 11 is 0. The minimum atomic E-state index is -0.255. The van der Waals surface area contributed by atoms with Crippen molar-refractivity contribution in [2.24, 2.45) is 5.92 Å². The molecule has 5 heteroatoms. The molecule has 24 heavy (non-hydrogen) atoms. The third-order valence-electron chi connectivity index (χ3n) is 3.70. The lowest BCUT2D eigenvalue weighted by atomic mass is 10.1. The minimum Gasteiger partial charge on any atom is -0.454 e. The molecule has 0 radical (unpaired) electrons. The third kappa shape index (κ3) is 3.40. The van der Waals surface area contributed by atoms with Gasteiger partial charge in [0.25, 0.3) is 5.91 Å². The summed E-state index contributed by atoms with van der Waals surface area (Å²) in [5.41, 5.74) is 2.65. The Morgan fingerprint density at radius 3 is 2.67 bits per heavy atom. The number of carbonyl (C=O) groups is 2. The highest BCUT2D eigenvalue weighted by Gasteiger charge is 2.21. The van der Waals surface area contributed by atoms with E-state index < -0.39 is 0 Å². The number of ether oxygens (including phenoxy) is 1. The van der Waals surface area contributed by atoms with E-state index in [1.54, 1.807) is 18.2 Å². The molecule has 1 heterocycles. The topological polar surface area (TPSA) is 67.4 Å². The zero-order valence-corrected chi connectivity index (χ0v) is 14.0. The van der Waals surface area contributed by atoms with Crippen molar-refractivity contribution in [3.63, 3.8) is 0 Å². The predicted molar refractivity (Wildman–Crippen MR) is 93.7 cm³/mol. The lowest BCUT2D eigenvalue weighted by Gasteiger charge is -2.10. The highest BCUT2D eigenvalue weighted by atomic mass is 16.5. The van der Waals surface area contributed by atoms with Gasteiger partial charge in [-0.15, -0.1) is 0 Å². The summed E-state index contributed by atoms with van der Waals surface area (Å²) < 4.78 is 5.86. The first-order valence-corrected chi connectivity index (χ1v) is 7.96. The van der Waals surface area contributed by atoms with Gasteiger partial charge < -0.3 is 15.4 Å². The molecule has 0 aliphatic carbocycles. The van der Waals surface area contributed by atoms with Crippen molar-refractivity contribution >= 4 is 23.2 Å². The molecule has 1 aliphatic rings. The van der Waals surface area contributed by atoms with E-state index in [2.05, 4.69) is 10.6 Å². The third-order valence-corrected chi connectivity index (χ3v) is 3.70. The number of aryl methyl sites for hydroxylation is 1. The van der Waals surface area contributed by atoms with Crippen LogP contribution in [-0.4, -0.2) is 11.8 Å². The molecular weight excluding hydrogens is 304 g/mol. The number of rotatable bonds is 3. The molecule has 0 unspecified atom stereocenters. The lowest BCUT2D eigenvalue weighted by Crippen LogP contribution is -2.15. The summed E-state index contributed by atoms with van der Waals surface area (Å²) in [6, 6.07) is 10.7. The normalized spacial score (nSPS) is 12.6. The van der Waals surface area contributed by atoms with E-state index in [1.807, 2.05) is 39.0 Å². The highest BCUT2D eigenvalue weighted by molar-refractivity contribution is 6.09. The molecule has 0 bridgehead atoms. The molecule has 2 N–H and O–H groups in total. The summed E-state index contributed by atoms with van der Waals surface area (Å²) in [4.78, 5) is 24.4. The van der Waals surface area contributed by atoms with E-state index in [4.69, 9.17) is 4.74 Å². The van der Waals surface area contributed by atoms with Crippen molar-refractivity contribution in [2.45, 2.75) is 27.2 Å². The molecule has 124 valence electrons. The van der Waals surface area contributed by atoms with Crippen LogP contribution in [0.5, 0.6) is 11.5 Å². The summed E-state index contributed by atoms with van der Waals surface area (Å²) in [5, 5.41) is 5.68. The van der Waals surface area contributed by atoms with Gasteiger partial charge in [0.2, 0.25) is 5.91 Å². The van der Waals surface area contributed by atoms with Crippen LogP contribution in [0.2, 0.25) is 0 Å². The Bertz CT molecular complexity index is 812. The fourth-order valence-corrected chi connectivity index (χ4v) is 2.60. The number of hydrogen-bond acceptors (Lipinski definition) is 3. The number of carbonyl (C=O) groups excluding carboxylic acids is 2. The highest BCUT2D eigenvalue weighted by Crippen LogP contribution is 2.37. The quantitative estimate of drug-likeness (QED) is 0.882. The number of hydrogen-bond donors (Lipinski definition) is 2. The average Bonchev–Trinajstić information content (AvgIpc) is 2.62. The van der Waals surface area contributed by atoms with E-state index in [9.17, 15) is 9.59 Å². The Kier molecular flexibility index (Phi) is 4.25. The van der Waals surface area contributed by atoms with Crippen LogP contribution >= 0.6 is 0 Å². The first-order valence-electron chi connectivity index (χ1n) is 7.96. The van der Waals surface area contributed by atoms with Crippen LogP contribution in [0, 0.1) is 12.8 Å². The maximum absolute atomic E-state index is 12.5. The Labute approximate surface area is 141 Å². The second-order valence-corrected chi connectivity index (χ2v) is 6.41. The van der Waals surface area contributed by atoms with Crippen molar-refractivity contribution in [3.8, 4) is 11.5 Å². The van der Waals surface area contributed by atoms with Gasteiger partial charge in [0.05, 0.1) is 11.3 Å². The Hall–Kier alpha value is -2.82. The summed E-state index contributed by atoms with van der Waals surface area (Å²) in [6.07, 6.45) is 0.435. The summed E-state index contributed by atoms with van der Waals surface area (Å²) in [6.45, 7) is 5.92. The van der Waals surface area contributed by atoms with Gasteiger partial charge >= 0.3 is 0 Å². The number of nitrogens with one attached hydrogen (secondary N) is 2. The molecule has 2 aromatic carbocycles. The van der Waals surface area contributed by atoms with Crippen LogP contribution in [0.25, 0.3) is 0 Å². The first kappa shape index (κ1) is 16.1. The van der Waals surface area contributed by atoms with Crippen LogP contribution in [0.4, 0.5) is 11.4 Å². The maximum Gasteiger partial charge on any atom is 0.259 e. The minimum absolute atomic E-state index is 0.0705. The zero-order valence-electron chi connectivity index (χ0n) is 14.0. The van der Waals surface area contributed by atoms with E-state index in [0.29, 0.717) is 34.9 Å². The number of amides is 2. The van der Waals surface area contributed by atoms with Gasteiger partial charge in [-0.3, -0.25) is 9.59 Å². The SMILES string of the molecule is Cc1ccc2c(c1)NC(=O)c1cc(NC(=O)CC(C)C)ccc1O2. The monoisotopic (exact) mass is 324 g/mol. The molecule has 2 aromatic rings. The van der Waals surface area contributed by atoms with E-state index in [0.717, 1.165) is 5.56 Å². The number of benzene rings is 2. The van der Waals surface area contributed by atoms with Gasteiger partial charge in [-0.1, -0.05) is 19.9 Å². The van der Waals surface area contributed by atoms with Crippen molar-refractivity contribution < 1.29 is 14.3 Å². The van der Waals surface area contributed by atoms with Gasteiger partial charge in [-0.05, 0) is 48.7 Å².